The van der Waals surface area contributed by atoms with Gasteiger partial charge in [-0.3, -0.25) is 4.57 Å². The summed E-state index contributed by atoms with van der Waals surface area (Å²) >= 11 is 5.81. The van der Waals surface area contributed by atoms with Crippen molar-refractivity contribution in [1.82, 2.24) is 19.5 Å². The Morgan fingerprint density at radius 1 is 1.19 bits per heavy atom. The number of hydrogen-bond acceptors (Lipinski definition) is 7. The first-order valence-corrected chi connectivity index (χ1v) is 9.70. The second kappa shape index (κ2) is 6.30. The fourth-order valence-corrected chi connectivity index (χ4v) is 5.08. The topological polar surface area (TPSA) is 105 Å². The zero-order chi connectivity index (χ0) is 17.8. The lowest BCUT2D eigenvalue weighted by Gasteiger charge is -2.23. The van der Waals surface area contributed by atoms with Gasteiger partial charge in [-0.05, 0) is 31.1 Å². The maximum absolute atomic E-state index is 10.3. The molecule has 2 saturated carbocycles. The van der Waals surface area contributed by atoms with Crippen molar-refractivity contribution < 1.29 is 14.9 Å². The molecule has 1 saturated heterocycles. The molecule has 7 atom stereocenters. The fraction of sp³-hybridized carbons (Fsp3) is 0.706. The molecule has 0 spiro atoms. The van der Waals surface area contributed by atoms with E-state index in [4.69, 9.17) is 16.3 Å². The number of aromatic nitrogens is 4. The number of ether oxygens (including phenoxy) is 1. The number of aliphatic hydroxyl groups excluding tert-OH is 2. The minimum Gasteiger partial charge on any atom is -0.387 e. The van der Waals surface area contributed by atoms with E-state index in [-0.39, 0.29) is 5.88 Å². The van der Waals surface area contributed by atoms with Crippen LogP contribution in [0.1, 0.15) is 31.9 Å². The average Bonchev–Trinajstić information content (AvgIpc) is 3.41. The average molecular weight is 380 g/mol. The Bertz CT molecular complexity index is 817. The Balaban J connectivity index is 1.44. The summed E-state index contributed by atoms with van der Waals surface area (Å²) in [5.74, 6) is 2.37. The number of hydrogen-bond donors (Lipinski definition) is 3. The van der Waals surface area contributed by atoms with Crippen LogP contribution in [0.25, 0.3) is 11.2 Å². The second-order valence-electron chi connectivity index (χ2n) is 7.67. The third-order valence-corrected chi connectivity index (χ3v) is 6.49. The molecule has 1 aliphatic heterocycles. The van der Waals surface area contributed by atoms with E-state index in [0.717, 1.165) is 5.92 Å². The first kappa shape index (κ1) is 16.7. The van der Waals surface area contributed by atoms with Crippen LogP contribution in [0.15, 0.2) is 12.7 Å². The van der Waals surface area contributed by atoms with Crippen LogP contribution in [0.4, 0.5) is 5.82 Å². The van der Waals surface area contributed by atoms with Crippen molar-refractivity contribution in [2.45, 2.75) is 56.3 Å². The van der Waals surface area contributed by atoms with E-state index < -0.39 is 24.5 Å². The Hall–Kier alpha value is -1.48. The zero-order valence-corrected chi connectivity index (χ0v) is 15.0. The molecule has 3 heterocycles. The van der Waals surface area contributed by atoms with Crippen molar-refractivity contribution in [3.63, 3.8) is 0 Å². The summed E-state index contributed by atoms with van der Waals surface area (Å²) in [6, 6.07) is 0.438. The lowest BCUT2D eigenvalue weighted by Crippen LogP contribution is -2.32. The molecule has 140 valence electrons. The highest BCUT2D eigenvalue weighted by Crippen LogP contribution is 2.45. The number of fused-ring (bicyclic) bond motifs is 3. The molecular formula is C17H22ClN5O3. The largest absolute Gasteiger partial charge is 0.387 e. The van der Waals surface area contributed by atoms with Gasteiger partial charge in [0.1, 0.15) is 24.6 Å². The molecule has 2 aromatic rings. The fourth-order valence-electron chi connectivity index (χ4n) is 4.83. The third kappa shape index (κ3) is 2.51. The SMILES string of the molecule is O[C@@H]1[C@H](O)[C@@H](CCl)O[C@H]1n1cnc2c(N[C@@H]3C[C@@H]4CC[C@@H]3C4)ncnc21. The van der Waals surface area contributed by atoms with Crippen molar-refractivity contribution in [3.05, 3.63) is 12.7 Å². The number of nitrogens with one attached hydrogen (secondary N) is 1. The van der Waals surface area contributed by atoms with Crippen LogP contribution in [0.2, 0.25) is 0 Å². The molecular weight excluding hydrogens is 358 g/mol. The van der Waals surface area contributed by atoms with E-state index in [1.165, 1.54) is 32.0 Å². The van der Waals surface area contributed by atoms with E-state index >= 15 is 0 Å². The van der Waals surface area contributed by atoms with Crippen LogP contribution < -0.4 is 5.32 Å². The van der Waals surface area contributed by atoms with Crippen molar-refractivity contribution in [2.75, 3.05) is 11.2 Å². The zero-order valence-electron chi connectivity index (χ0n) is 14.2. The van der Waals surface area contributed by atoms with Gasteiger partial charge >= 0.3 is 0 Å². The lowest BCUT2D eigenvalue weighted by atomic mass is 9.95. The Morgan fingerprint density at radius 3 is 2.77 bits per heavy atom. The van der Waals surface area contributed by atoms with Crippen LogP contribution in [0, 0.1) is 11.8 Å². The first-order valence-electron chi connectivity index (χ1n) is 9.17. The number of aliphatic hydroxyl groups is 2. The maximum atomic E-state index is 10.3. The minimum atomic E-state index is -1.09. The molecule has 2 bridgehead atoms. The molecule has 3 fully saturated rings. The van der Waals surface area contributed by atoms with Gasteiger partial charge in [-0.15, -0.1) is 11.6 Å². The summed E-state index contributed by atoms with van der Waals surface area (Å²) in [5.41, 5.74) is 1.21. The van der Waals surface area contributed by atoms with Gasteiger partial charge in [0, 0.05) is 6.04 Å². The number of alkyl halides is 1. The summed E-state index contributed by atoms with van der Waals surface area (Å²) in [6.07, 6.45) is 4.66. The summed E-state index contributed by atoms with van der Waals surface area (Å²) in [5, 5.41) is 23.9. The van der Waals surface area contributed by atoms with Gasteiger partial charge in [-0.1, -0.05) is 6.42 Å². The monoisotopic (exact) mass is 379 g/mol. The first-order chi connectivity index (χ1) is 12.7. The summed E-state index contributed by atoms with van der Waals surface area (Å²) in [4.78, 5) is 13.2. The molecule has 2 aromatic heterocycles. The Morgan fingerprint density at radius 2 is 2.08 bits per heavy atom. The molecule has 0 unspecified atom stereocenters. The van der Waals surface area contributed by atoms with Gasteiger partial charge in [-0.25, -0.2) is 15.0 Å². The van der Waals surface area contributed by atoms with E-state index in [2.05, 4.69) is 20.3 Å². The van der Waals surface area contributed by atoms with E-state index in [1.54, 1.807) is 10.9 Å². The van der Waals surface area contributed by atoms with Crippen molar-refractivity contribution >= 4 is 28.6 Å². The van der Waals surface area contributed by atoms with Crippen LogP contribution in [-0.2, 0) is 4.74 Å². The van der Waals surface area contributed by atoms with E-state index in [9.17, 15) is 10.2 Å². The van der Waals surface area contributed by atoms with Gasteiger partial charge in [0.2, 0.25) is 0 Å². The molecule has 5 rings (SSSR count). The molecule has 0 aromatic carbocycles. The quantitative estimate of drug-likeness (QED) is 0.687. The van der Waals surface area contributed by atoms with E-state index in [1.807, 2.05) is 0 Å². The molecule has 0 radical (unpaired) electrons. The lowest BCUT2D eigenvalue weighted by molar-refractivity contribution is -0.0291. The Labute approximate surface area is 155 Å². The van der Waals surface area contributed by atoms with Crippen molar-refractivity contribution in [3.8, 4) is 0 Å². The minimum absolute atomic E-state index is 0.105. The van der Waals surface area contributed by atoms with Crippen molar-refractivity contribution in [2.24, 2.45) is 11.8 Å². The summed E-state index contributed by atoms with van der Waals surface area (Å²) in [7, 11) is 0. The molecule has 8 nitrogen and oxygen atoms in total. The van der Waals surface area contributed by atoms with Gasteiger partial charge in [0.05, 0.1) is 12.2 Å². The summed E-state index contributed by atoms with van der Waals surface area (Å²) in [6.45, 7) is 0. The highest BCUT2D eigenvalue weighted by Gasteiger charge is 2.44. The third-order valence-electron chi connectivity index (χ3n) is 6.18. The molecule has 9 heteroatoms. The number of halogens is 1. The van der Waals surface area contributed by atoms with Crippen LogP contribution >= 0.6 is 11.6 Å². The smallest absolute Gasteiger partial charge is 0.167 e. The predicted octanol–water partition coefficient (Wildman–Crippen LogP) is 1.28. The second-order valence-corrected chi connectivity index (χ2v) is 7.98. The number of rotatable bonds is 4. The normalized spacial score (nSPS) is 39.1. The standard InChI is InChI=1S/C17H22ClN5O3/c18-5-11-13(24)14(25)17(26-11)23-7-21-12-15(19-6-20-16(12)23)22-10-4-8-1-2-9(10)3-8/h6-11,13-14,17,24-25H,1-5H2,(H,19,20,22)/t8-,9-,10-,11-,13-,14-,17-/m1/s1. The molecule has 2 aliphatic carbocycles. The van der Waals surface area contributed by atoms with Crippen molar-refractivity contribution in [1.29, 1.82) is 0 Å². The highest BCUT2D eigenvalue weighted by molar-refractivity contribution is 6.18. The Kier molecular flexibility index (Phi) is 4.04. The van der Waals surface area contributed by atoms with Gasteiger partial charge in [0.15, 0.2) is 23.2 Å². The molecule has 26 heavy (non-hydrogen) atoms. The number of imidazole rings is 1. The van der Waals surface area contributed by atoms with Crippen LogP contribution in [0.3, 0.4) is 0 Å². The molecule has 0 amide bonds. The highest BCUT2D eigenvalue weighted by atomic mass is 35.5. The van der Waals surface area contributed by atoms with Crippen LogP contribution in [0.5, 0.6) is 0 Å². The molecule has 3 aliphatic rings. The number of anilines is 1. The predicted molar refractivity (Wildman–Crippen MR) is 94.8 cm³/mol. The van der Waals surface area contributed by atoms with Gasteiger partial charge < -0.3 is 20.3 Å². The van der Waals surface area contributed by atoms with Crippen LogP contribution in [-0.4, -0.2) is 60.0 Å². The van der Waals surface area contributed by atoms with E-state index in [0.29, 0.717) is 28.9 Å². The number of nitrogens with zero attached hydrogens (tertiary/aromatic N) is 4. The van der Waals surface area contributed by atoms with Gasteiger partial charge in [-0.2, -0.15) is 0 Å². The molecule has 3 N–H and O–H groups in total. The summed E-state index contributed by atoms with van der Waals surface area (Å²) < 4.78 is 7.35. The maximum Gasteiger partial charge on any atom is 0.167 e. The van der Waals surface area contributed by atoms with Gasteiger partial charge in [0.25, 0.3) is 0 Å².